The van der Waals surface area contributed by atoms with Gasteiger partial charge in [-0.15, -0.1) is 0 Å². The van der Waals surface area contributed by atoms with E-state index in [0.29, 0.717) is 23.4 Å². The van der Waals surface area contributed by atoms with Crippen LogP contribution in [-0.4, -0.2) is 42.9 Å². The Morgan fingerprint density at radius 2 is 1.44 bits per heavy atom. The van der Waals surface area contributed by atoms with Gasteiger partial charge in [-0.05, 0) is 67.4 Å². The second-order valence-electron chi connectivity index (χ2n) is 8.72. The van der Waals surface area contributed by atoms with E-state index in [1.54, 1.807) is 24.3 Å². The highest BCUT2D eigenvalue weighted by atomic mass is 16.2. The number of anilines is 1. The molecular weight excluding hydrogens is 398 g/mol. The predicted molar refractivity (Wildman–Crippen MR) is 131 cm³/mol. The third-order valence-corrected chi connectivity index (χ3v) is 6.48. The van der Waals surface area contributed by atoms with Crippen molar-refractivity contribution in [3.05, 3.63) is 65.2 Å². The molecule has 1 aliphatic rings. The van der Waals surface area contributed by atoms with Gasteiger partial charge in [-0.1, -0.05) is 58.1 Å². The molecule has 3 rings (SSSR count). The lowest BCUT2D eigenvalue weighted by molar-refractivity contribution is 0.0948. The zero-order valence-electron chi connectivity index (χ0n) is 19.5. The van der Waals surface area contributed by atoms with Gasteiger partial charge in [0.2, 0.25) is 0 Å². The minimum atomic E-state index is -0.134. The number of nitrogens with zero attached hydrogens (tertiary/aromatic N) is 1. The molecule has 2 aromatic carbocycles. The fourth-order valence-electron chi connectivity index (χ4n) is 4.39. The third kappa shape index (κ3) is 7.20. The Morgan fingerprint density at radius 3 is 2.06 bits per heavy atom. The summed E-state index contributed by atoms with van der Waals surface area (Å²) < 4.78 is 0. The van der Waals surface area contributed by atoms with Crippen LogP contribution in [0.25, 0.3) is 0 Å². The molecule has 0 aliphatic heterocycles. The average Bonchev–Trinajstić information content (AvgIpc) is 2.83. The summed E-state index contributed by atoms with van der Waals surface area (Å²) in [7, 11) is 0. The Kier molecular flexibility index (Phi) is 9.29. The van der Waals surface area contributed by atoms with Crippen LogP contribution in [0.15, 0.2) is 48.5 Å². The maximum absolute atomic E-state index is 12.6. The molecule has 32 heavy (non-hydrogen) atoms. The molecule has 1 fully saturated rings. The maximum Gasteiger partial charge on any atom is 0.255 e. The maximum atomic E-state index is 12.6. The Bertz CT molecular complexity index is 851. The Labute approximate surface area is 192 Å². The fourth-order valence-corrected chi connectivity index (χ4v) is 4.39. The smallest absolute Gasteiger partial charge is 0.255 e. The van der Waals surface area contributed by atoms with Crippen molar-refractivity contribution >= 4 is 17.5 Å². The van der Waals surface area contributed by atoms with E-state index in [-0.39, 0.29) is 11.8 Å². The van der Waals surface area contributed by atoms with Crippen LogP contribution in [0.2, 0.25) is 0 Å². The van der Waals surface area contributed by atoms with Crippen molar-refractivity contribution in [2.75, 3.05) is 31.5 Å². The molecule has 0 saturated heterocycles. The quantitative estimate of drug-likeness (QED) is 0.544. The number of hydrogen-bond donors (Lipinski definition) is 2. The van der Waals surface area contributed by atoms with E-state index in [0.717, 1.165) is 32.0 Å². The van der Waals surface area contributed by atoms with Crippen molar-refractivity contribution in [3.63, 3.8) is 0 Å². The van der Waals surface area contributed by atoms with Crippen LogP contribution in [-0.2, 0) is 6.42 Å². The second kappa shape index (κ2) is 12.4. The number of likely N-dealkylation sites (N-methyl/N-ethyl adjacent to an activating group) is 1. The summed E-state index contributed by atoms with van der Waals surface area (Å²) in [5.41, 5.74) is 3.23. The number of carbonyl (C=O) groups is 2. The van der Waals surface area contributed by atoms with Gasteiger partial charge in [-0.25, -0.2) is 0 Å². The average molecular weight is 436 g/mol. The first-order valence-electron chi connectivity index (χ1n) is 12.1. The van der Waals surface area contributed by atoms with Crippen molar-refractivity contribution in [1.29, 1.82) is 0 Å². The Hall–Kier alpha value is -2.66. The van der Waals surface area contributed by atoms with Gasteiger partial charge in [0.05, 0.1) is 0 Å². The SMILES string of the molecule is CCN(CC)CCNC(=O)c1ccc(NC(=O)c2ccc(CC3CCCCC3)cc2)cc1. The number of hydrogen-bond acceptors (Lipinski definition) is 3. The molecule has 5 heteroatoms. The van der Waals surface area contributed by atoms with Gasteiger partial charge in [-0.3, -0.25) is 9.59 Å². The first-order chi connectivity index (χ1) is 15.6. The molecule has 0 radical (unpaired) electrons. The van der Waals surface area contributed by atoms with Gasteiger partial charge in [0.15, 0.2) is 0 Å². The molecule has 2 N–H and O–H groups in total. The van der Waals surface area contributed by atoms with Crippen LogP contribution in [0.5, 0.6) is 0 Å². The fraction of sp³-hybridized carbons (Fsp3) is 0.481. The Morgan fingerprint density at radius 1 is 0.844 bits per heavy atom. The summed E-state index contributed by atoms with van der Waals surface area (Å²) in [4.78, 5) is 27.2. The molecule has 0 bridgehead atoms. The van der Waals surface area contributed by atoms with Crippen molar-refractivity contribution in [2.45, 2.75) is 52.4 Å². The molecule has 0 unspecified atom stereocenters. The number of benzene rings is 2. The van der Waals surface area contributed by atoms with E-state index in [4.69, 9.17) is 0 Å². The van der Waals surface area contributed by atoms with Gasteiger partial charge in [0.25, 0.3) is 11.8 Å². The van der Waals surface area contributed by atoms with E-state index >= 15 is 0 Å². The summed E-state index contributed by atoms with van der Waals surface area (Å²) in [5, 5.41) is 5.87. The van der Waals surface area contributed by atoms with Crippen LogP contribution in [0.1, 0.15) is 72.2 Å². The highest BCUT2D eigenvalue weighted by Gasteiger charge is 2.14. The molecule has 0 atom stereocenters. The zero-order valence-corrected chi connectivity index (χ0v) is 19.5. The summed E-state index contributed by atoms with van der Waals surface area (Å²) in [6, 6.07) is 15.0. The number of nitrogens with one attached hydrogen (secondary N) is 2. The molecule has 1 aliphatic carbocycles. The van der Waals surface area contributed by atoms with E-state index in [2.05, 4.69) is 41.5 Å². The van der Waals surface area contributed by atoms with Crippen LogP contribution in [0.3, 0.4) is 0 Å². The number of carbonyl (C=O) groups excluding carboxylic acids is 2. The number of rotatable bonds is 10. The summed E-state index contributed by atoms with van der Waals surface area (Å²) in [6.07, 6.45) is 7.83. The molecule has 172 valence electrons. The standard InChI is InChI=1S/C27H37N3O2/c1-3-30(4-2)19-18-28-26(31)23-14-16-25(17-15-23)29-27(32)24-12-10-22(11-13-24)20-21-8-6-5-7-9-21/h10-17,21H,3-9,18-20H2,1-2H3,(H,28,31)(H,29,32). The van der Waals surface area contributed by atoms with E-state index in [1.165, 1.54) is 37.7 Å². The lowest BCUT2D eigenvalue weighted by Gasteiger charge is -2.21. The van der Waals surface area contributed by atoms with Crippen LogP contribution >= 0.6 is 0 Å². The summed E-state index contributed by atoms with van der Waals surface area (Å²) >= 11 is 0. The largest absolute Gasteiger partial charge is 0.351 e. The molecule has 2 amide bonds. The molecule has 1 saturated carbocycles. The first-order valence-corrected chi connectivity index (χ1v) is 12.1. The Balaban J connectivity index is 1.48. The van der Waals surface area contributed by atoms with Crippen molar-refractivity contribution in [2.24, 2.45) is 5.92 Å². The highest BCUT2D eigenvalue weighted by molar-refractivity contribution is 6.04. The highest BCUT2D eigenvalue weighted by Crippen LogP contribution is 2.27. The van der Waals surface area contributed by atoms with Crippen LogP contribution in [0, 0.1) is 5.92 Å². The van der Waals surface area contributed by atoms with E-state index < -0.39 is 0 Å². The second-order valence-corrected chi connectivity index (χ2v) is 8.72. The molecule has 2 aromatic rings. The van der Waals surface area contributed by atoms with Crippen molar-refractivity contribution in [1.82, 2.24) is 10.2 Å². The predicted octanol–water partition coefficient (Wildman–Crippen LogP) is 5.13. The third-order valence-electron chi connectivity index (χ3n) is 6.48. The molecule has 0 spiro atoms. The monoisotopic (exact) mass is 435 g/mol. The summed E-state index contributed by atoms with van der Waals surface area (Å²) in [5.74, 6) is 0.561. The van der Waals surface area contributed by atoms with E-state index in [9.17, 15) is 9.59 Å². The van der Waals surface area contributed by atoms with E-state index in [1.807, 2.05) is 12.1 Å². The van der Waals surface area contributed by atoms with Gasteiger partial charge >= 0.3 is 0 Å². The minimum absolute atomic E-state index is 0.0939. The molecular formula is C27H37N3O2. The lowest BCUT2D eigenvalue weighted by atomic mass is 9.85. The molecule has 0 aromatic heterocycles. The van der Waals surface area contributed by atoms with Crippen LogP contribution < -0.4 is 10.6 Å². The topological polar surface area (TPSA) is 61.4 Å². The van der Waals surface area contributed by atoms with Gasteiger partial charge in [0, 0.05) is 29.9 Å². The lowest BCUT2D eigenvalue weighted by Crippen LogP contribution is -2.34. The van der Waals surface area contributed by atoms with Crippen molar-refractivity contribution in [3.8, 4) is 0 Å². The van der Waals surface area contributed by atoms with Gasteiger partial charge < -0.3 is 15.5 Å². The minimum Gasteiger partial charge on any atom is -0.351 e. The molecule has 0 heterocycles. The zero-order chi connectivity index (χ0) is 22.8. The first kappa shape index (κ1) is 24.0. The summed E-state index contributed by atoms with van der Waals surface area (Å²) in [6.45, 7) is 7.64. The molecule has 5 nitrogen and oxygen atoms in total. The van der Waals surface area contributed by atoms with Gasteiger partial charge in [-0.2, -0.15) is 0 Å². The normalized spacial score (nSPS) is 14.3. The van der Waals surface area contributed by atoms with Gasteiger partial charge in [0.1, 0.15) is 0 Å². The number of amides is 2. The van der Waals surface area contributed by atoms with Crippen LogP contribution in [0.4, 0.5) is 5.69 Å². The van der Waals surface area contributed by atoms with Crippen molar-refractivity contribution < 1.29 is 9.59 Å².